The Labute approximate surface area is 182 Å². The van der Waals surface area contributed by atoms with Crippen LogP contribution in [0.15, 0.2) is 34.9 Å². The van der Waals surface area contributed by atoms with E-state index in [4.69, 9.17) is 9.26 Å². The zero-order chi connectivity index (χ0) is 22.9. The van der Waals surface area contributed by atoms with Crippen molar-refractivity contribution >= 4 is 5.91 Å². The third kappa shape index (κ3) is 4.67. The third-order valence-electron chi connectivity index (χ3n) is 5.33. The molecule has 1 unspecified atom stereocenters. The first-order valence-corrected chi connectivity index (χ1v) is 10.1. The summed E-state index contributed by atoms with van der Waals surface area (Å²) in [5, 5.41) is 7.59. The molecule has 4 rings (SSSR count). The number of benzene rings is 1. The van der Waals surface area contributed by atoms with Crippen LogP contribution in [0.5, 0.6) is 0 Å². The number of rotatable bonds is 5. The van der Waals surface area contributed by atoms with E-state index in [9.17, 15) is 18.0 Å². The van der Waals surface area contributed by atoms with Crippen LogP contribution in [0.2, 0.25) is 0 Å². The van der Waals surface area contributed by atoms with Gasteiger partial charge in [0.05, 0.1) is 13.2 Å². The molecular weight excluding hydrogens is 427 g/mol. The van der Waals surface area contributed by atoms with Crippen molar-refractivity contribution < 1.29 is 27.2 Å². The molecule has 1 fully saturated rings. The molecule has 0 spiro atoms. The van der Waals surface area contributed by atoms with Gasteiger partial charge in [-0.25, -0.2) is 0 Å². The Morgan fingerprint density at radius 1 is 1.25 bits per heavy atom. The minimum atomic E-state index is -4.52. The fourth-order valence-electron chi connectivity index (χ4n) is 3.56. The van der Waals surface area contributed by atoms with Gasteiger partial charge in [0.15, 0.2) is 11.8 Å². The van der Waals surface area contributed by atoms with Crippen LogP contribution < -0.4 is 0 Å². The highest BCUT2D eigenvalue weighted by Crippen LogP contribution is 2.29. The van der Waals surface area contributed by atoms with Crippen LogP contribution in [0.3, 0.4) is 0 Å². The number of alkyl halides is 3. The van der Waals surface area contributed by atoms with E-state index in [-0.39, 0.29) is 37.9 Å². The van der Waals surface area contributed by atoms with E-state index in [2.05, 4.69) is 15.2 Å². The molecule has 1 atom stereocenters. The zero-order valence-corrected chi connectivity index (χ0v) is 17.6. The topological polar surface area (TPSA) is 86.3 Å². The van der Waals surface area contributed by atoms with E-state index in [1.807, 2.05) is 31.2 Å². The number of aryl methyl sites for hydroxylation is 3. The summed E-state index contributed by atoms with van der Waals surface area (Å²) < 4.78 is 50.8. The number of carbonyl (C=O) groups excluding carboxylic acids is 1. The average molecular weight is 449 g/mol. The molecular formula is C21H22F3N5O3. The second kappa shape index (κ2) is 8.73. The standard InChI is InChI=1S/C21H22F3N5O3/c1-13-5-3-4-6-15(13)19-25-20(32-27-19)16-12-28(9-10-31-16)18(30)7-8-29-14(2)11-17(26-29)21(22,23)24/h3-6,11,16H,7-10,12H2,1-2H3. The lowest BCUT2D eigenvalue weighted by atomic mass is 10.1. The van der Waals surface area contributed by atoms with Crippen molar-refractivity contribution in [3.05, 3.63) is 53.2 Å². The van der Waals surface area contributed by atoms with E-state index >= 15 is 0 Å². The van der Waals surface area contributed by atoms with Gasteiger partial charge < -0.3 is 14.2 Å². The second-order valence-corrected chi connectivity index (χ2v) is 7.61. The van der Waals surface area contributed by atoms with Gasteiger partial charge in [0.1, 0.15) is 0 Å². The van der Waals surface area contributed by atoms with Crippen molar-refractivity contribution in [2.75, 3.05) is 19.7 Å². The Morgan fingerprint density at radius 2 is 2.03 bits per heavy atom. The summed E-state index contributed by atoms with van der Waals surface area (Å²) in [4.78, 5) is 18.7. The summed E-state index contributed by atoms with van der Waals surface area (Å²) in [6.45, 7) is 4.42. The van der Waals surface area contributed by atoms with Gasteiger partial charge in [-0.2, -0.15) is 23.3 Å². The van der Waals surface area contributed by atoms with Gasteiger partial charge in [0.2, 0.25) is 11.7 Å². The highest BCUT2D eigenvalue weighted by Gasteiger charge is 2.34. The van der Waals surface area contributed by atoms with Crippen LogP contribution in [0.1, 0.15) is 35.4 Å². The average Bonchev–Trinajstić information content (AvgIpc) is 3.39. The number of aromatic nitrogens is 4. The van der Waals surface area contributed by atoms with Gasteiger partial charge >= 0.3 is 6.18 Å². The molecule has 0 aliphatic carbocycles. The molecule has 170 valence electrons. The van der Waals surface area contributed by atoms with Crippen LogP contribution >= 0.6 is 0 Å². The second-order valence-electron chi connectivity index (χ2n) is 7.61. The molecule has 1 aliphatic rings. The van der Waals surface area contributed by atoms with E-state index in [1.54, 1.807) is 4.90 Å². The Morgan fingerprint density at radius 3 is 2.75 bits per heavy atom. The van der Waals surface area contributed by atoms with Crippen LogP contribution in [-0.4, -0.2) is 50.4 Å². The number of morpholine rings is 1. The summed E-state index contributed by atoms with van der Waals surface area (Å²) in [5.74, 6) is 0.513. The van der Waals surface area contributed by atoms with Gasteiger partial charge in [-0.1, -0.05) is 29.4 Å². The molecule has 3 heterocycles. The zero-order valence-electron chi connectivity index (χ0n) is 17.6. The van der Waals surface area contributed by atoms with Gasteiger partial charge in [-0.3, -0.25) is 9.48 Å². The maximum atomic E-state index is 12.8. The SMILES string of the molecule is Cc1ccccc1-c1noc(C2CN(C(=O)CCn3nc(C(F)(F)F)cc3C)CCO2)n1. The van der Waals surface area contributed by atoms with Crippen molar-refractivity contribution in [3.63, 3.8) is 0 Å². The first-order valence-electron chi connectivity index (χ1n) is 10.1. The molecule has 0 saturated carbocycles. The number of halogens is 3. The largest absolute Gasteiger partial charge is 0.435 e. The van der Waals surface area contributed by atoms with Crippen molar-refractivity contribution in [1.82, 2.24) is 24.8 Å². The van der Waals surface area contributed by atoms with Crippen molar-refractivity contribution in [2.24, 2.45) is 0 Å². The highest BCUT2D eigenvalue weighted by atomic mass is 19.4. The monoisotopic (exact) mass is 449 g/mol. The Hall–Kier alpha value is -3.21. The number of nitrogens with zero attached hydrogens (tertiary/aromatic N) is 5. The van der Waals surface area contributed by atoms with E-state index < -0.39 is 18.0 Å². The maximum Gasteiger partial charge on any atom is 0.435 e. The molecule has 2 aromatic heterocycles. The maximum absolute atomic E-state index is 12.8. The molecule has 8 nitrogen and oxygen atoms in total. The normalized spacial score (nSPS) is 17.0. The van der Waals surface area contributed by atoms with E-state index in [1.165, 1.54) is 11.6 Å². The summed E-state index contributed by atoms with van der Waals surface area (Å²) in [6.07, 6.45) is -5.06. The van der Waals surface area contributed by atoms with Crippen molar-refractivity contribution in [1.29, 1.82) is 0 Å². The predicted octanol–water partition coefficient (Wildman–Crippen LogP) is 3.56. The first-order chi connectivity index (χ1) is 15.2. The Bertz CT molecular complexity index is 1110. The van der Waals surface area contributed by atoms with E-state index in [0.29, 0.717) is 18.1 Å². The quantitative estimate of drug-likeness (QED) is 0.592. The lowest BCUT2D eigenvalue weighted by Gasteiger charge is -2.31. The predicted molar refractivity (Wildman–Crippen MR) is 106 cm³/mol. The fourth-order valence-corrected chi connectivity index (χ4v) is 3.56. The summed E-state index contributed by atoms with van der Waals surface area (Å²) >= 11 is 0. The van der Waals surface area contributed by atoms with E-state index in [0.717, 1.165) is 17.2 Å². The van der Waals surface area contributed by atoms with Crippen LogP contribution in [0.25, 0.3) is 11.4 Å². The molecule has 0 bridgehead atoms. The third-order valence-corrected chi connectivity index (χ3v) is 5.33. The molecule has 1 saturated heterocycles. The molecule has 11 heteroatoms. The molecule has 0 radical (unpaired) electrons. The molecule has 1 amide bonds. The van der Waals surface area contributed by atoms with Gasteiger partial charge in [0, 0.05) is 30.8 Å². The smallest absolute Gasteiger partial charge is 0.365 e. The van der Waals surface area contributed by atoms with Crippen LogP contribution in [0.4, 0.5) is 13.2 Å². The molecule has 1 aliphatic heterocycles. The van der Waals surface area contributed by atoms with Gasteiger partial charge in [-0.05, 0) is 25.5 Å². The Kier molecular flexibility index (Phi) is 6.00. The number of carbonyl (C=O) groups is 1. The molecule has 1 aromatic carbocycles. The lowest BCUT2D eigenvalue weighted by molar-refractivity contribution is -0.141. The van der Waals surface area contributed by atoms with Gasteiger partial charge in [0.25, 0.3) is 5.89 Å². The number of amides is 1. The summed E-state index contributed by atoms with van der Waals surface area (Å²) in [5.41, 5.74) is 1.23. The fraction of sp³-hybridized carbons (Fsp3) is 0.429. The Balaban J connectivity index is 1.39. The van der Waals surface area contributed by atoms with Crippen molar-refractivity contribution in [3.8, 4) is 11.4 Å². The van der Waals surface area contributed by atoms with Crippen LogP contribution in [0, 0.1) is 13.8 Å². The minimum Gasteiger partial charge on any atom is -0.365 e. The van der Waals surface area contributed by atoms with Gasteiger partial charge in [-0.15, -0.1) is 0 Å². The molecule has 32 heavy (non-hydrogen) atoms. The molecule has 0 N–H and O–H groups in total. The number of hydrogen-bond acceptors (Lipinski definition) is 6. The first kappa shape index (κ1) is 22.0. The summed E-state index contributed by atoms with van der Waals surface area (Å²) in [6, 6.07) is 8.61. The molecule has 3 aromatic rings. The number of hydrogen-bond donors (Lipinski definition) is 0. The van der Waals surface area contributed by atoms with Crippen molar-refractivity contribution in [2.45, 2.75) is 39.1 Å². The summed E-state index contributed by atoms with van der Waals surface area (Å²) in [7, 11) is 0. The highest BCUT2D eigenvalue weighted by molar-refractivity contribution is 5.76. The minimum absolute atomic E-state index is 0.0187. The number of ether oxygens (including phenoxy) is 1. The van der Waals surface area contributed by atoms with Crippen LogP contribution in [-0.2, 0) is 22.3 Å². The lowest BCUT2D eigenvalue weighted by Crippen LogP contribution is -2.42.